The van der Waals surface area contributed by atoms with E-state index < -0.39 is 15.8 Å². The number of sulfone groups is 1. The summed E-state index contributed by atoms with van der Waals surface area (Å²) in [7, 11) is -3.35. The predicted octanol–water partition coefficient (Wildman–Crippen LogP) is 2.31. The van der Waals surface area contributed by atoms with Crippen molar-refractivity contribution in [1.82, 2.24) is 0 Å². The van der Waals surface area contributed by atoms with Crippen LogP contribution >= 0.6 is 11.6 Å². The summed E-state index contributed by atoms with van der Waals surface area (Å²) >= 11 is 5.82. The zero-order valence-corrected chi connectivity index (χ0v) is 11.1. The molecule has 1 aromatic rings. The largest absolute Gasteiger partial charge is 0.462 e. The second-order valence-electron chi connectivity index (χ2n) is 3.27. The molecule has 0 aliphatic heterocycles. The van der Waals surface area contributed by atoms with Gasteiger partial charge in [0.1, 0.15) is 0 Å². The minimum atomic E-state index is -3.35. The van der Waals surface area contributed by atoms with Crippen molar-refractivity contribution in [1.29, 1.82) is 0 Å². The highest BCUT2D eigenvalue weighted by Gasteiger charge is 2.17. The van der Waals surface area contributed by atoms with Gasteiger partial charge in [-0.25, -0.2) is 13.2 Å². The molecule has 0 aliphatic rings. The molecule has 0 N–H and O–H groups in total. The maximum absolute atomic E-state index is 11.6. The molecule has 1 rings (SSSR count). The van der Waals surface area contributed by atoms with E-state index in [1.54, 1.807) is 6.92 Å². The molecule has 0 fully saturated rings. The number of ether oxygens (including phenoxy) is 1. The fourth-order valence-electron chi connectivity index (χ4n) is 1.23. The maximum atomic E-state index is 11.6. The van der Waals surface area contributed by atoms with Crippen molar-refractivity contribution in [2.75, 3.05) is 12.4 Å². The van der Waals surface area contributed by atoms with Gasteiger partial charge in [-0.3, -0.25) is 0 Å². The molecule has 0 aliphatic carbocycles. The van der Waals surface area contributed by atoms with Crippen molar-refractivity contribution >= 4 is 27.4 Å². The quantitative estimate of drug-likeness (QED) is 0.792. The Bertz CT molecular complexity index is 522. The molecule has 0 spiro atoms. The summed E-state index contributed by atoms with van der Waals surface area (Å²) in [5.41, 5.74) is 0.0723. The van der Waals surface area contributed by atoms with Crippen LogP contribution in [0.4, 0.5) is 0 Å². The summed E-state index contributed by atoms with van der Waals surface area (Å²) in [6.07, 6.45) is 0. The van der Waals surface area contributed by atoms with Crippen molar-refractivity contribution in [3.8, 4) is 0 Å². The zero-order chi connectivity index (χ0) is 13.1. The van der Waals surface area contributed by atoms with Crippen LogP contribution in [0.2, 0.25) is 5.02 Å². The molecule has 0 radical (unpaired) electrons. The monoisotopic (exact) mass is 276 g/mol. The summed E-state index contributed by atoms with van der Waals surface area (Å²) in [6.45, 7) is 3.41. The first kappa shape index (κ1) is 14.0. The Morgan fingerprint density at radius 3 is 2.53 bits per heavy atom. The number of halogens is 1. The summed E-state index contributed by atoms with van der Waals surface area (Å²) in [4.78, 5) is 11.6. The van der Waals surface area contributed by atoms with Crippen molar-refractivity contribution in [2.45, 2.75) is 18.7 Å². The first-order valence-electron chi connectivity index (χ1n) is 5.11. The number of hydrogen-bond acceptors (Lipinski definition) is 4. The Labute approximate surface area is 105 Å². The van der Waals surface area contributed by atoms with Crippen LogP contribution in [0.3, 0.4) is 0 Å². The van der Waals surface area contributed by atoms with Crippen LogP contribution in [-0.2, 0) is 14.6 Å². The van der Waals surface area contributed by atoms with E-state index in [9.17, 15) is 13.2 Å². The van der Waals surface area contributed by atoms with Crippen LogP contribution in [0.5, 0.6) is 0 Å². The van der Waals surface area contributed by atoms with E-state index in [0.717, 1.165) is 0 Å². The molecular formula is C11H13ClO4S. The normalized spacial score (nSPS) is 11.2. The van der Waals surface area contributed by atoms with Gasteiger partial charge in [0.25, 0.3) is 0 Å². The Morgan fingerprint density at radius 2 is 2.00 bits per heavy atom. The summed E-state index contributed by atoms with van der Waals surface area (Å²) < 4.78 is 28.1. The van der Waals surface area contributed by atoms with E-state index in [1.165, 1.54) is 25.1 Å². The van der Waals surface area contributed by atoms with Gasteiger partial charge in [0, 0.05) is 0 Å². The molecule has 4 nitrogen and oxygen atoms in total. The zero-order valence-electron chi connectivity index (χ0n) is 9.57. The van der Waals surface area contributed by atoms with Crippen molar-refractivity contribution < 1.29 is 17.9 Å². The maximum Gasteiger partial charge on any atom is 0.339 e. The Kier molecular flexibility index (Phi) is 4.54. The number of carbonyl (C=O) groups is 1. The lowest BCUT2D eigenvalue weighted by molar-refractivity contribution is 0.0526. The van der Waals surface area contributed by atoms with E-state index >= 15 is 0 Å². The molecule has 0 saturated heterocycles. The minimum absolute atomic E-state index is 0.0309. The third kappa shape index (κ3) is 3.20. The van der Waals surface area contributed by atoms with Gasteiger partial charge in [-0.2, -0.15) is 0 Å². The van der Waals surface area contributed by atoms with E-state index in [2.05, 4.69) is 0 Å². The molecule has 0 saturated carbocycles. The van der Waals surface area contributed by atoms with E-state index in [1.807, 2.05) is 0 Å². The standard InChI is InChI=1S/C11H13ClO4S/c1-3-16-11(13)9-7-8(5-6-10(9)12)17(14,15)4-2/h5-7H,3-4H2,1-2H3. The highest BCUT2D eigenvalue weighted by molar-refractivity contribution is 7.91. The van der Waals surface area contributed by atoms with Gasteiger partial charge in [0.05, 0.1) is 27.8 Å². The van der Waals surface area contributed by atoms with Crippen LogP contribution in [0.15, 0.2) is 23.1 Å². The van der Waals surface area contributed by atoms with Crippen LogP contribution in [-0.4, -0.2) is 26.7 Å². The molecule has 0 heterocycles. The van der Waals surface area contributed by atoms with E-state index in [4.69, 9.17) is 16.3 Å². The van der Waals surface area contributed by atoms with Crippen LogP contribution in [0.25, 0.3) is 0 Å². The van der Waals surface area contributed by atoms with Gasteiger partial charge >= 0.3 is 5.97 Å². The third-order valence-electron chi connectivity index (χ3n) is 2.17. The molecule has 94 valence electrons. The Hall–Kier alpha value is -1.07. The highest BCUT2D eigenvalue weighted by Crippen LogP contribution is 2.22. The fourth-order valence-corrected chi connectivity index (χ4v) is 2.33. The van der Waals surface area contributed by atoms with Gasteiger partial charge in [-0.1, -0.05) is 18.5 Å². The SMILES string of the molecule is CCOC(=O)c1cc(S(=O)(=O)CC)ccc1Cl. The van der Waals surface area contributed by atoms with Crippen LogP contribution < -0.4 is 0 Å². The number of rotatable bonds is 4. The van der Waals surface area contributed by atoms with Crippen molar-refractivity contribution in [3.05, 3.63) is 28.8 Å². The molecule has 0 bridgehead atoms. The molecule has 1 aromatic carbocycles. The molecule has 0 atom stereocenters. The second-order valence-corrected chi connectivity index (χ2v) is 5.95. The smallest absolute Gasteiger partial charge is 0.339 e. The minimum Gasteiger partial charge on any atom is -0.462 e. The predicted molar refractivity (Wildman–Crippen MR) is 65.1 cm³/mol. The lowest BCUT2D eigenvalue weighted by Gasteiger charge is -2.07. The van der Waals surface area contributed by atoms with E-state index in [0.29, 0.717) is 0 Å². The summed E-state index contributed by atoms with van der Waals surface area (Å²) in [5, 5.41) is 0.179. The summed E-state index contributed by atoms with van der Waals surface area (Å²) in [6, 6.07) is 4.01. The van der Waals surface area contributed by atoms with Gasteiger partial charge in [0.2, 0.25) is 0 Å². The molecule has 17 heavy (non-hydrogen) atoms. The highest BCUT2D eigenvalue weighted by atomic mass is 35.5. The van der Waals surface area contributed by atoms with Crippen molar-refractivity contribution in [3.63, 3.8) is 0 Å². The van der Waals surface area contributed by atoms with Gasteiger partial charge in [-0.15, -0.1) is 0 Å². The van der Waals surface area contributed by atoms with Gasteiger partial charge < -0.3 is 4.74 Å². The van der Waals surface area contributed by atoms with Crippen LogP contribution in [0.1, 0.15) is 24.2 Å². The fraction of sp³-hybridized carbons (Fsp3) is 0.364. The Balaban J connectivity index is 3.25. The number of hydrogen-bond donors (Lipinski definition) is 0. The number of esters is 1. The molecule has 6 heteroatoms. The second kappa shape index (κ2) is 5.51. The van der Waals surface area contributed by atoms with Crippen molar-refractivity contribution in [2.24, 2.45) is 0 Å². The topological polar surface area (TPSA) is 60.4 Å². The lowest BCUT2D eigenvalue weighted by Crippen LogP contribution is -2.09. The number of benzene rings is 1. The number of carbonyl (C=O) groups excluding carboxylic acids is 1. The Morgan fingerprint density at radius 1 is 1.35 bits per heavy atom. The molecular weight excluding hydrogens is 264 g/mol. The van der Waals surface area contributed by atoms with Gasteiger partial charge in [-0.05, 0) is 25.1 Å². The third-order valence-corrected chi connectivity index (χ3v) is 4.23. The van der Waals surface area contributed by atoms with Gasteiger partial charge in [0.15, 0.2) is 9.84 Å². The average molecular weight is 277 g/mol. The van der Waals surface area contributed by atoms with E-state index in [-0.39, 0.29) is 27.8 Å². The average Bonchev–Trinajstić information content (AvgIpc) is 2.29. The molecule has 0 unspecified atom stereocenters. The lowest BCUT2D eigenvalue weighted by atomic mass is 10.2. The van der Waals surface area contributed by atoms with Crippen LogP contribution in [0, 0.1) is 0 Å². The molecule has 0 amide bonds. The first-order chi connectivity index (χ1) is 7.92. The first-order valence-corrected chi connectivity index (χ1v) is 7.14. The molecule has 0 aromatic heterocycles. The summed E-state index contributed by atoms with van der Waals surface area (Å²) in [5.74, 6) is -0.651.